The smallest absolute Gasteiger partial charge is 0.243 e. The standard InChI is InChI=1S/C12H16FNO3S/c1-4-5-14(3)18(16,17)11-6-9(2)12(13)10(7-11)8-15/h4,6-7,15H,1,5,8H2,2-3H3. The van der Waals surface area contributed by atoms with E-state index < -0.39 is 22.4 Å². The fraction of sp³-hybridized carbons (Fsp3) is 0.333. The minimum absolute atomic E-state index is 0.0272. The Kier molecular flexibility index (Phi) is 4.61. The fourth-order valence-electron chi connectivity index (χ4n) is 1.53. The van der Waals surface area contributed by atoms with Gasteiger partial charge in [0.1, 0.15) is 5.82 Å². The van der Waals surface area contributed by atoms with Crippen molar-refractivity contribution in [3.8, 4) is 0 Å². The molecule has 0 aliphatic heterocycles. The summed E-state index contributed by atoms with van der Waals surface area (Å²) in [5.41, 5.74) is 0.160. The molecular weight excluding hydrogens is 257 g/mol. The number of hydrogen-bond donors (Lipinski definition) is 1. The molecule has 0 bridgehead atoms. The summed E-state index contributed by atoms with van der Waals surface area (Å²) in [5, 5.41) is 9.01. The Morgan fingerprint density at radius 3 is 2.61 bits per heavy atom. The molecule has 1 aromatic carbocycles. The number of benzene rings is 1. The maximum atomic E-state index is 13.5. The van der Waals surface area contributed by atoms with E-state index in [1.807, 2.05) is 0 Å². The van der Waals surface area contributed by atoms with Crippen molar-refractivity contribution in [1.29, 1.82) is 0 Å². The van der Waals surface area contributed by atoms with Crippen LogP contribution in [0.5, 0.6) is 0 Å². The Balaban J connectivity index is 3.33. The fourth-order valence-corrected chi connectivity index (χ4v) is 2.81. The molecule has 0 spiro atoms. The SMILES string of the molecule is C=CCN(C)S(=O)(=O)c1cc(C)c(F)c(CO)c1. The molecule has 18 heavy (non-hydrogen) atoms. The Hall–Kier alpha value is -1.24. The van der Waals surface area contributed by atoms with Crippen LogP contribution in [0.15, 0.2) is 29.7 Å². The third-order valence-corrected chi connectivity index (χ3v) is 4.37. The van der Waals surface area contributed by atoms with E-state index in [0.717, 1.165) is 10.4 Å². The molecular formula is C12H16FNO3S. The van der Waals surface area contributed by atoms with E-state index in [0.29, 0.717) is 0 Å². The van der Waals surface area contributed by atoms with E-state index in [9.17, 15) is 12.8 Å². The van der Waals surface area contributed by atoms with Gasteiger partial charge in [0.15, 0.2) is 0 Å². The van der Waals surface area contributed by atoms with Crippen molar-refractivity contribution in [2.45, 2.75) is 18.4 Å². The van der Waals surface area contributed by atoms with Gasteiger partial charge in [0.2, 0.25) is 10.0 Å². The van der Waals surface area contributed by atoms with Crippen molar-refractivity contribution < 1.29 is 17.9 Å². The largest absolute Gasteiger partial charge is 0.392 e. The van der Waals surface area contributed by atoms with Gasteiger partial charge in [0.25, 0.3) is 0 Å². The van der Waals surface area contributed by atoms with Gasteiger partial charge in [0, 0.05) is 19.2 Å². The van der Waals surface area contributed by atoms with Crippen molar-refractivity contribution >= 4 is 10.0 Å². The van der Waals surface area contributed by atoms with Gasteiger partial charge < -0.3 is 5.11 Å². The van der Waals surface area contributed by atoms with Gasteiger partial charge in [-0.15, -0.1) is 6.58 Å². The zero-order valence-corrected chi connectivity index (χ0v) is 11.2. The van der Waals surface area contributed by atoms with Gasteiger partial charge in [-0.25, -0.2) is 12.8 Å². The second-order valence-corrected chi connectivity index (χ2v) is 5.99. The van der Waals surface area contributed by atoms with Gasteiger partial charge >= 0.3 is 0 Å². The lowest BCUT2D eigenvalue weighted by Crippen LogP contribution is -2.27. The Morgan fingerprint density at radius 1 is 1.50 bits per heavy atom. The molecule has 0 saturated carbocycles. The van der Waals surface area contributed by atoms with Gasteiger partial charge in [-0.3, -0.25) is 0 Å². The molecule has 1 N–H and O–H groups in total. The third kappa shape index (κ3) is 2.77. The maximum absolute atomic E-state index is 13.5. The summed E-state index contributed by atoms with van der Waals surface area (Å²) in [5.74, 6) is -0.581. The number of nitrogens with zero attached hydrogens (tertiary/aromatic N) is 1. The van der Waals surface area contributed by atoms with Crippen LogP contribution in [-0.4, -0.2) is 31.4 Å². The van der Waals surface area contributed by atoms with E-state index in [1.54, 1.807) is 0 Å². The summed E-state index contributed by atoms with van der Waals surface area (Å²) in [6, 6.07) is 2.40. The minimum Gasteiger partial charge on any atom is -0.392 e. The third-order valence-electron chi connectivity index (χ3n) is 2.57. The highest BCUT2D eigenvalue weighted by Gasteiger charge is 2.22. The van der Waals surface area contributed by atoms with Crippen LogP contribution in [0.4, 0.5) is 4.39 Å². The van der Waals surface area contributed by atoms with Crippen LogP contribution < -0.4 is 0 Å². The summed E-state index contributed by atoms with van der Waals surface area (Å²) in [4.78, 5) is -0.0326. The monoisotopic (exact) mass is 273 g/mol. The van der Waals surface area contributed by atoms with Crippen molar-refractivity contribution in [3.63, 3.8) is 0 Å². The van der Waals surface area contributed by atoms with Crippen molar-refractivity contribution in [1.82, 2.24) is 4.31 Å². The van der Waals surface area contributed by atoms with Gasteiger partial charge in [-0.2, -0.15) is 4.31 Å². The van der Waals surface area contributed by atoms with Crippen LogP contribution in [0.3, 0.4) is 0 Å². The molecule has 0 atom stereocenters. The lowest BCUT2D eigenvalue weighted by molar-refractivity contribution is 0.275. The number of likely N-dealkylation sites (N-methyl/N-ethyl adjacent to an activating group) is 1. The van der Waals surface area contributed by atoms with E-state index in [1.165, 1.54) is 26.1 Å². The molecule has 0 amide bonds. The molecule has 4 nitrogen and oxygen atoms in total. The first kappa shape index (κ1) is 14.8. The number of aryl methyl sites for hydroxylation is 1. The molecule has 1 rings (SSSR count). The highest BCUT2D eigenvalue weighted by molar-refractivity contribution is 7.89. The zero-order chi connectivity index (χ0) is 13.9. The quantitative estimate of drug-likeness (QED) is 0.826. The van der Waals surface area contributed by atoms with Gasteiger partial charge in [-0.1, -0.05) is 6.08 Å². The van der Waals surface area contributed by atoms with Crippen LogP contribution in [0, 0.1) is 12.7 Å². The molecule has 1 aromatic rings. The predicted molar refractivity (Wildman–Crippen MR) is 67.1 cm³/mol. The topological polar surface area (TPSA) is 57.6 Å². The average Bonchev–Trinajstić information content (AvgIpc) is 2.32. The second kappa shape index (κ2) is 5.60. The average molecular weight is 273 g/mol. The van der Waals surface area contributed by atoms with Crippen LogP contribution in [0.2, 0.25) is 0 Å². The molecule has 0 heterocycles. The number of hydrogen-bond acceptors (Lipinski definition) is 3. The summed E-state index contributed by atoms with van der Waals surface area (Å²) < 4.78 is 38.9. The summed E-state index contributed by atoms with van der Waals surface area (Å²) >= 11 is 0. The van der Waals surface area contributed by atoms with Gasteiger partial charge in [0.05, 0.1) is 11.5 Å². The van der Waals surface area contributed by atoms with Gasteiger partial charge in [-0.05, 0) is 24.6 Å². The van der Waals surface area contributed by atoms with E-state index in [-0.39, 0.29) is 22.6 Å². The van der Waals surface area contributed by atoms with Crippen molar-refractivity contribution in [3.05, 3.63) is 41.7 Å². The Bertz CT molecular complexity index is 555. The first-order valence-corrected chi connectivity index (χ1v) is 6.75. The molecule has 0 aliphatic carbocycles. The van der Waals surface area contributed by atoms with Crippen LogP contribution in [0.25, 0.3) is 0 Å². The molecule has 0 radical (unpaired) electrons. The lowest BCUT2D eigenvalue weighted by Gasteiger charge is -2.16. The summed E-state index contributed by atoms with van der Waals surface area (Å²) in [7, 11) is -2.28. The highest BCUT2D eigenvalue weighted by atomic mass is 32.2. The number of sulfonamides is 1. The number of aliphatic hydroxyl groups is 1. The number of aliphatic hydroxyl groups excluding tert-OH is 1. The second-order valence-electron chi connectivity index (χ2n) is 3.95. The molecule has 0 saturated heterocycles. The Labute approximate surface area is 106 Å². The first-order chi connectivity index (χ1) is 8.34. The zero-order valence-electron chi connectivity index (χ0n) is 10.4. The van der Waals surface area contributed by atoms with Crippen molar-refractivity contribution in [2.75, 3.05) is 13.6 Å². The Morgan fingerprint density at radius 2 is 2.11 bits per heavy atom. The maximum Gasteiger partial charge on any atom is 0.243 e. The molecule has 100 valence electrons. The molecule has 0 fully saturated rings. The molecule has 0 aromatic heterocycles. The number of rotatable bonds is 5. The number of halogens is 1. The van der Waals surface area contributed by atoms with Crippen LogP contribution in [0.1, 0.15) is 11.1 Å². The van der Waals surface area contributed by atoms with E-state index in [4.69, 9.17) is 5.11 Å². The van der Waals surface area contributed by atoms with E-state index >= 15 is 0 Å². The minimum atomic E-state index is -3.69. The van der Waals surface area contributed by atoms with Crippen LogP contribution in [-0.2, 0) is 16.6 Å². The molecule has 0 aliphatic rings. The molecule has 0 unspecified atom stereocenters. The highest BCUT2D eigenvalue weighted by Crippen LogP contribution is 2.21. The summed E-state index contributed by atoms with van der Waals surface area (Å²) in [6.45, 7) is 4.55. The first-order valence-electron chi connectivity index (χ1n) is 5.31. The molecule has 6 heteroatoms. The van der Waals surface area contributed by atoms with E-state index in [2.05, 4.69) is 6.58 Å². The normalized spacial score (nSPS) is 11.8. The lowest BCUT2D eigenvalue weighted by atomic mass is 10.1. The van der Waals surface area contributed by atoms with Crippen LogP contribution >= 0.6 is 0 Å². The summed E-state index contributed by atoms with van der Waals surface area (Å²) in [6.07, 6.45) is 1.46. The predicted octanol–water partition coefficient (Wildman–Crippen LogP) is 1.43. The van der Waals surface area contributed by atoms with Crippen molar-refractivity contribution in [2.24, 2.45) is 0 Å².